The molecular weight excluding hydrogens is 316 g/mol. The number of carboxylic acids is 1. The minimum Gasteiger partial charge on any atom is -0.481 e. The number of rotatable bonds is 2. The molecule has 3 N–H and O–H groups in total. The Balaban J connectivity index is 1.61. The highest BCUT2D eigenvalue weighted by atomic mass is 16.4. The van der Waals surface area contributed by atoms with Crippen LogP contribution >= 0.6 is 0 Å². The fourth-order valence-electron chi connectivity index (χ4n) is 7.89. The third-order valence-corrected chi connectivity index (χ3v) is 9.40. The molecule has 0 aromatic heterocycles. The second-order valence-electron chi connectivity index (χ2n) is 10.2. The molecule has 0 amide bonds. The molecule has 0 radical (unpaired) electrons. The summed E-state index contributed by atoms with van der Waals surface area (Å²) in [5.41, 5.74) is -0.949. The molecule has 0 aromatic rings. The van der Waals surface area contributed by atoms with Crippen molar-refractivity contribution in [2.24, 2.45) is 34.5 Å². The van der Waals surface area contributed by atoms with Crippen LogP contribution in [0.15, 0.2) is 0 Å². The smallest absolute Gasteiger partial charge is 0.306 e. The van der Waals surface area contributed by atoms with E-state index in [2.05, 4.69) is 13.8 Å². The zero-order valence-corrected chi connectivity index (χ0v) is 15.7. The van der Waals surface area contributed by atoms with E-state index in [0.29, 0.717) is 35.5 Å². The molecule has 0 bridgehead atoms. The molecule has 0 aliphatic heterocycles. The molecule has 0 spiro atoms. The van der Waals surface area contributed by atoms with Crippen molar-refractivity contribution < 1.29 is 20.1 Å². The molecule has 4 rings (SSSR count). The Morgan fingerprint density at radius 1 is 1.00 bits per heavy atom. The zero-order chi connectivity index (χ0) is 18.0. The van der Waals surface area contributed by atoms with E-state index in [-0.39, 0.29) is 17.9 Å². The Hall–Kier alpha value is -0.610. The van der Waals surface area contributed by atoms with Gasteiger partial charge in [-0.2, -0.15) is 0 Å². The Bertz CT molecular complexity index is 562. The molecule has 4 aliphatic carbocycles. The van der Waals surface area contributed by atoms with E-state index in [1.807, 2.05) is 0 Å². The van der Waals surface area contributed by atoms with Crippen LogP contribution in [0.25, 0.3) is 0 Å². The van der Waals surface area contributed by atoms with Gasteiger partial charge in [0.25, 0.3) is 0 Å². The van der Waals surface area contributed by atoms with Crippen LogP contribution in [0.5, 0.6) is 0 Å². The van der Waals surface area contributed by atoms with Crippen LogP contribution in [0.3, 0.4) is 0 Å². The molecule has 142 valence electrons. The van der Waals surface area contributed by atoms with Crippen LogP contribution in [0.2, 0.25) is 0 Å². The van der Waals surface area contributed by atoms with Gasteiger partial charge in [0.2, 0.25) is 0 Å². The third-order valence-electron chi connectivity index (χ3n) is 9.40. The lowest BCUT2D eigenvalue weighted by Gasteiger charge is -2.61. The molecule has 8 atom stereocenters. The van der Waals surface area contributed by atoms with Crippen molar-refractivity contribution in [1.29, 1.82) is 0 Å². The number of aliphatic carboxylic acids is 1. The summed E-state index contributed by atoms with van der Waals surface area (Å²) < 4.78 is 0. The molecule has 4 saturated carbocycles. The van der Waals surface area contributed by atoms with Crippen molar-refractivity contribution in [3.63, 3.8) is 0 Å². The number of fused-ring (bicyclic) bond motifs is 5. The highest BCUT2D eigenvalue weighted by molar-refractivity contribution is 5.68. The van der Waals surface area contributed by atoms with E-state index >= 15 is 0 Å². The molecule has 0 saturated heterocycles. The summed E-state index contributed by atoms with van der Waals surface area (Å²) in [5.74, 6) is 1.53. The molecule has 4 fully saturated rings. The molecule has 4 aliphatic rings. The summed E-state index contributed by atoms with van der Waals surface area (Å²) in [6.45, 7) is 4.63. The Kier molecular flexibility index (Phi) is 4.05. The molecule has 4 heteroatoms. The highest BCUT2D eigenvalue weighted by Gasteiger charge is 2.64. The molecule has 25 heavy (non-hydrogen) atoms. The van der Waals surface area contributed by atoms with Crippen LogP contribution in [-0.4, -0.2) is 33.0 Å². The van der Waals surface area contributed by atoms with Crippen LogP contribution in [0.1, 0.15) is 78.1 Å². The maximum absolute atomic E-state index is 11.3. The van der Waals surface area contributed by atoms with Crippen molar-refractivity contribution >= 4 is 5.97 Å². The van der Waals surface area contributed by atoms with Gasteiger partial charge in [0.15, 0.2) is 0 Å². The average Bonchev–Trinajstić information content (AvgIpc) is 2.79. The van der Waals surface area contributed by atoms with E-state index in [1.54, 1.807) is 0 Å². The maximum Gasteiger partial charge on any atom is 0.306 e. The zero-order valence-electron chi connectivity index (χ0n) is 15.7. The van der Waals surface area contributed by atoms with E-state index in [1.165, 1.54) is 12.8 Å². The predicted molar refractivity (Wildman–Crippen MR) is 94.9 cm³/mol. The lowest BCUT2D eigenvalue weighted by molar-refractivity contribution is -0.170. The lowest BCUT2D eigenvalue weighted by Crippen LogP contribution is -2.57. The number of hydrogen-bond donors (Lipinski definition) is 3. The van der Waals surface area contributed by atoms with Gasteiger partial charge in [-0.25, -0.2) is 0 Å². The average molecular weight is 350 g/mol. The number of aliphatic hydroxyl groups is 2. The topological polar surface area (TPSA) is 77.8 Å². The minimum atomic E-state index is -1.03. The van der Waals surface area contributed by atoms with Crippen LogP contribution in [0.4, 0.5) is 0 Å². The quantitative estimate of drug-likeness (QED) is 0.711. The van der Waals surface area contributed by atoms with Gasteiger partial charge in [0.1, 0.15) is 0 Å². The minimum absolute atomic E-state index is 0.108. The number of aliphatic hydroxyl groups excluding tert-OH is 1. The molecular formula is C21H34O4. The third kappa shape index (κ3) is 2.43. The van der Waals surface area contributed by atoms with Crippen LogP contribution in [-0.2, 0) is 4.79 Å². The summed E-state index contributed by atoms with van der Waals surface area (Å²) in [6, 6.07) is 0. The van der Waals surface area contributed by atoms with Gasteiger partial charge in [0, 0.05) is 0 Å². The van der Waals surface area contributed by atoms with E-state index < -0.39 is 11.6 Å². The SMILES string of the molecule is C[C@]12CCC(O)CC1CC[C@@H]1[C@@H]2CC[C@@]2(C)[C@H]1CCC2(O)CC(=O)O. The first kappa shape index (κ1) is 17.8. The maximum atomic E-state index is 11.3. The number of carboxylic acid groups (broad SMARTS) is 1. The summed E-state index contributed by atoms with van der Waals surface area (Å²) in [7, 11) is 0. The largest absolute Gasteiger partial charge is 0.481 e. The van der Waals surface area contributed by atoms with Crippen molar-refractivity contribution in [3.8, 4) is 0 Å². The first-order valence-corrected chi connectivity index (χ1v) is 10.3. The Labute approximate surface area is 151 Å². The van der Waals surface area contributed by atoms with Crippen LogP contribution in [0, 0.1) is 34.5 Å². The van der Waals surface area contributed by atoms with E-state index in [9.17, 15) is 20.1 Å². The standard InChI is InChI=1S/C21H34O4/c1-19-8-5-14(22)11-13(19)3-4-15-16(19)6-9-20(2)17(15)7-10-21(20,25)12-18(23)24/h13-17,22,25H,3-12H2,1-2H3,(H,23,24)/t13?,14?,15-,16+,17+,19+,20+,21?/m1/s1. The number of hydrogen-bond acceptors (Lipinski definition) is 3. The Morgan fingerprint density at radius 2 is 1.72 bits per heavy atom. The van der Waals surface area contributed by atoms with Gasteiger partial charge in [-0.3, -0.25) is 4.79 Å². The van der Waals surface area contributed by atoms with Crippen molar-refractivity contribution in [1.82, 2.24) is 0 Å². The van der Waals surface area contributed by atoms with Gasteiger partial charge in [0.05, 0.1) is 18.1 Å². The molecule has 4 nitrogen and oxygen atoms in total. The second-order valence-corrected chi connectivity index (χ2v) is 10.2. The molecule has 0 aromatic carbocycles. The second kappa shape index (κ2) is 5.69. The molecule has 0 heterocycles. The lowest BCUT2D eigenvalue weighted by atomic mass is 9.44. The van der Waals surface area contributed by atoms with Gasteiger partial charge in [-0.1, -0.05) is 13.8 Å². The van der Waals surface area contributed by atoms with E-state index in [4.69, 9.17) is 0 Å². The fraction of sp³-hybridized carbons (Fsp3) is 0.952. The first-order valence-electron chi connectivity index (χ1n) is 10.3. The summed E-state index contributed by atoms with van der Waals surface area (Å²) >= 11 is 0. The fourth-order valence-corrected chi connectivity index (χ4v) is 7.89. The van der Waals surface area contributed by atoms with Gasteiger partial charge >= 0.3 is 5.97 Å². The van der Waals surface area contributed by atoms with Gasteiger partial charge in [-0.15, -0.1) is 0 Å². The van der Waals surface area contributed by atoms with Crippen LogP contribution < -0.4 is 0 Å². The summed E-state index contributed by atoms with van der Waals surface area (Å²) in [5, 5.41) is 30.7. The van der Waals surface area contributed by atoms with Crippen molar-refractivity contribution in [2.75, 3.05) is 0 Å². The van der Waals surface area contributed by atoms with Crippen molar-refractivity contribution in [3.05, 3.63) is 0 Å². The number of carbonyl (C=O) groups is 1. The van der Waals surface area contributed by atoms with Crippen molar-refractivity contribution in [2.45, 2.75) is 89.8 Å². The van der Waals surface area contributed by atoms with E-state index in [0.717, 1.165) is 38.5 Å². The summed E-state index contributed by atoms with van der Waals surface area (Å²) in [4.78, 5) is 11.3. The monoisotopic (exact) mass is 350 g/mol. The Morgan fingerprint density at radius 3 is 2.44 bits per heavy atom. The van der Waals surface area contributed by atoms with Gasteiger partial charge in [-0.05, 0) is 92.3 Å². The molecule has 3 unspecified atom stereocenters. The highest BCUT2D eigenvalue weighted by Crippen LogP contribution is 2.68. The van der Waals surface area contributed by atoms with Gasteiger partial charge < -0.3 is 15.3 Å². The predicted octanol–water partition coefficient (Wildman–Crippen LogP) is 3.60. The normalized spacial score (nSPS) is 55.1. The first-order chi connectivity index (χ1) is 11.7. The summed E-state index contributed by atoms with van der Waals surface area (Å²) in [6.07, 6.45) is 8.87.